The highest BCUT2D eigenvalue weighted by atomic mass is 16.4. The van der Waals surface area contributed by atoms with E-state index in [2.05, 4.69) is 15.5 Å². The largest absolute Gasteiger partial charge is 0.481 e. The van der Waals surface area contributed by atoms with Crippen LogP contribution in [0.3, 0.4) is 0 Å². The standard InChI is InChI=1S/C17H21N5O3/c1-12-18-19-20-22(12)14(10-13-6-4-3-5-7-13)15(23)21-9-8-17(2,11-21)16(24)25/h3-7,14H,8-11H2,1-2H3,(H,24,25)/t14-,17-/m1/s1. The van der Waals surface area contributed by atoms with E-state index in [1.807, 2.05) is 30.3 Å². The molecule has 8 heteroatoms. The van der Waals surface area contributed by atoms with Crippen LogP contribution in [0.15, 0.2) is 30.3 Å². The topological polar surface area (TPSA) is 101 Å². The number of nitrogens with zero attached hydrogens (tertiary/aromatic N) is 5. The quantitative estimate of drug-likeness (QED) is 0.872. The Kier molecular flexibility index (Phi) is 4.52. The summed E-state index contributed by atoms with van der Waals surface area (Å²) in [6, 6.07) is 9.06. The van der Waals surface area contributed by atoms with Gasteiger partial charge in [0.1, 0.15) is 11.9 Å². The van der Waals surface area contributed by atoms with E-state index in [4.69, 9.17) is 0 Å². The van der Waals surface area contributed by atoms with Gasteiger partial charge in [0, 0.05) is 19.5 Å². The molecule has 1 aliphatic heterocycles. The molecule has 1 saturated heterocycles. The normalized spacial score (nSPS) is 21.3. The first-order chi connectivity index (χ1) is 11.9. The van der Waals surface area contributed by atoms with Gasteiger partial charge in [-0.1, -0.05) is 30.3 Å². The van der Waals surface area contributed by atoms with Gasteiger partial charge >= 0.3 is 5.97 Å². The van der Waals surface area contributed by atoms with E-state index >= 15 is 0 Å². The van der Waals surface area contributed by atoms with Gasteiger partial charge in [-0.15, -0.1) is 5.10 Å². The number of hydrogen-bond donors (Lipinski definition) is 1. The number of benzene rings is 1. The lowest BCUT2D eigenvalue weighted by atomic mass is 9.90. The average molecular weight is 343 g/mol. The minimum Gasteiger partial charge on any atom is -0.481 e. The Morgan fingerprint density at radius 1 is 1.32 bits per heavy atom. The number of rotatable bonds is 5. The van der Waals surface area contributed by atoms with Crippen LogP contribution in [0.4, 0.5) is 0 Å². The Bertz CT molecular complexity index is 776. The molecule has 3 rings (SSSR count). The number of amides is 1. The average Bonchev–Trinajstić information content (AvgIpc) is 3.20. The van der Waals surface area contributed by atoms with Gasteiger partial charge in [-0.25, -0.2) is 4.68 Å². The summed E-state index contributed by atoms with van der Waals surface area (Å²) in [5.74, 6) is -0.472. The maximum Gasteiger partial charge on any atom is 0.311 e. The first-order valence-electron chi connectivity index (χ1n) is 8.21. The fourth-order valence-corrected chi connectivity index (χ4v) is 3.18. The Morgan fingerprint density at radius 3 is 2.60 bits per heavy atom. The fraction of sp³-hybridized carbons (Fsp3) is 0.471. The molecule has 0 unspecified atom stereocenters. The van der Waals surface area contributed by atoms with E-state index < -0.39 is 17.4 Å². The highest BCUT2D eigenvalue weighted by Crippen LogP contribution is 2.32. The second-order valence-electron chi connectivity index (χ2n) is 6.75. The molecule has 25 heavy (non-hydrogen) atoms. The van der Waals surface area contributed by atoms with Crippen molar-refractivity contribution >= 4 is 11.9 Å². The predicted molar refractivity (Wildman–Crippen MR) is 88.7 cm³/mol. The summed E-state index contributed by atoms with van der Waals surface area (Å²) in [4.78, 5) is 26.2. The molecule has 132 valence electrons. The van der Waals surface area contributed by atoms with Crippen LogP contribution in [0.1, 0.15) is 30.8 Å². The molecule has 0 spiro atoms. The van der Waals surface area contributed by atoms with E-state index in [9.17, 15) is 14.7 Å². The van der Waals surface area contributed by atoms with Crippen LogP contribution in [-0.4, -0.2) is 55.2 Å². The van der Waals surface area contributed by atoms with Crippen molar-refractivity contribution in [1.82, 2.24) is 25.1 Å². The van der Waals surface area contributed by atoms with Gasteiger partial charge in [0.25, 0.3) is 0 Å². The third-order valence-corrected chi connectivity index (χ3v) is 4.81. The summed E-state index contributed by atoms with van der Waals surface area (Å²) in [5.41, 5.74) is 0.0961. The molecule has 8 nitrogen and oxygen atoms in total. The molecule has 2 aromatic rings. The second-order valence-corrected chi connectivity index (χ2v) is 6.75. The Morgan fingerprint density at radius 2 is 2.04 bits per heavy atom. The molecule has 2 heterocycles. The minimum atomic E-state index is -0.900. The zero-order valence-electron chi connectivity index (χ0n) is 14.3. The van der Waals surface area contributed by atoms with Crippen LogP contribution in [0.5, 0.6) is 0 Å². The smallest absolute Gasteiger partial charge is 0.311 e. The molecular weight excluding hydrogens is 322 g/mol. The number of hydrogen-bond acceptors (Lipinski definition) is 5. The van der Waals surface area contributed by atoms with Gasteiger partial charge in [-0.05, 0) is 36.3 Å². The van der Waals surface area contributed by atoms with Crippen LogP contribution < -0.4 is 0 Å². The fourth-order valence-electron chi connectivity index (χ4n) is 3.18. The molecule has 1 N–H and O–H groups in total. The SMILES string of the molecule is Cc1nnnn1[C@H](Cc1ccccc1)C(=O)N1CC[C@@](C)(C(=O)O)C1. The van der Waals surface area contributed by atoms with Crippen LogP contribution in [-0.2, 0) is 16.0 Å². The van der Waals surface area contributed by atoms with Gasteiger partial charge < -0.3 is 10.0 Å². The molecule has 0 bridgehead atoms. The summed E-state index contributed by atoms with van der Waals surface area (Å²) < 4.78 is 1.52. The van der Waals surface area contributed by atoms with E-state index in [0.717, 1.165) is 5.56 Å². The number of aryl methyl sites for hydroxylation is 1. The molecule has 1 aromatic heterocycles. The van der Waals surface area contributed by atoms with E-state index in [1.165, 1.54) is 4.68 Å². The molecule has 2 atom stereocenters. The molecule has 0 radical (unpaired) electrons. The summed E-state index contributed by atoms with van der Waals surface area (Å²) in [7, 11) is 0. The molecule has 1 aliphatic rings. The Hall–Kier alpha value is -2.77. The second kappa shape index (κ2) is 6.62. The third kappa shape index (κ3) is 3.38. The molecule has 0 aliphatic carbocycles. The zero-order chi connectivity index (χ0) is 18.0. The number of carboxylic acid groups (broad SMARTS) is 1. The highest BCUT2D eigenvalue weighted by molar-refractivity contribution is 5.83. The molecular formula is C17H21N5O3. The minimum absolute atomic E-state index is 0.149. The van der Waals surface area contributed by atoms with Crippen LogP contribution in [0.25, 0.3) is 0 Å². The lowest BCUT2D eigenvalue weighted by Gasteiger charge is -2.25. The maximum atomic E-state index is 13.1. The van der Waals surface area contributed by atoms with E-state index in [1.54, 1.807) is 18.7 Å². The van der Waals surface area contributed by atoms with Crippen molar-refractivity contribution in [3.63, 3.8) is 0 Å². The summed E-state index contributed by atoms with van der Waals surface area (Å²) in [5, 5.41) is 20.9. The van der Waals surface area contributed by atoms with Crippen molar-refractivity contribution in [2.45, 2.75) is 32.7 Å². The monoisotopic (exact) mass is 343 g/mol. The van der Waals surface area contributed by atoms with Crippen molar-refractivity contribution in [3.8, 4) is 0 Å². The number of carbonyl (C=O) groups excluding carboxylic acids is 1. The van der Waals surface area contributed by atoms with Crippen LogP contribution in [0.2, 0.25) is 0 Å². The summed E-state index contributed by atoms with van der Waals surface area (Å²) >= 11 is 0. The van der Waals surface area contributed by atoms with E-state index in [0.29, 0.717) is 25.2 Å². The van der Waals surface area contributed by atoms with Crippen LogP contribution >= 0.6 is 0 Å². The number of aromatic nitrogens is 4. The summed E-state index contributed by atoms with van der Waals surface area (Å²) in [6.45, 7) is 4.05. The van der Waals surface area contributed by atoms with Crippen molar-refractivity contribution in [2.75, 3.05) is 13.1 Å². The van der Waals surface area contributed by atoms with Gasteiger partial charge in [-0.3, -0.25) is 9.59 Å². The van der Waals surface area contributed by atoms with Crippen molar-refractivity contribution in [3.05, 3.63) is 41.7 Å². The van der Waals surface area contributed by atoms with Gasteiger partial charge in [0.15, 0.2) is 0 Å². The number of carbonyl (C=O) groups is 2. The van der Waals surface area contributed by atoms with Gasteiger partial charge in [0.2, 0.25) is 5.91 Å². The molecule has 1 amide bonds. The lowest BCUT2D eigenvalue weighted by Crippen LogP contribution is -2.40. The number of aliphatic carboxylic acids is 1. The molecule has 1 aromatic carbocycles. The molecule has 0 saturated carbocycles. The van der Waals surface area contributed by atoms with Gasteiger partial charge in [-0.2, -0.15) is 0 Å². The third-order valence-electron chi connectivity index (χ3n) is 4.81. The number of likely N-dealkylation sites (tertiary alicyclic amines) is 1. The molecule has 1 fully saturated rings. The number of tetrazole rings is 1. The number of carboxylic acids is 1. The van der Waals surface area contributed by atoms with Crippen molar-refractivity contribution < 1.29 is 14.7 Å². The van der Waals surface area contributed by atoms with E-state index in [-0.39, 0.29) is 12.5 Å². The zero-order valence-corrected chi connectivity index (χ0v) is 14.3. The first kappa shape index (κ1) is 17.1. The predicted octanol–water partition coefficient (Wildman–Crippen LogP) is 1.09. The van der Waals surface area contributed by atoms with Crippen LogP contribution in [0, 0.1) is 12.3 Å². The lowest BCUT2D eigenvalue weighted by molar-refractivity contribution is -0.147. The highest BCUT2D eigenvalue weighted by Gasteiger charge is 2.44. The Labute approximate surface area is 145 Å². The maximum absolute atomic E-state index is 13.1. The van der Waals surface area contributed by atoms with Crippen molar-refractivity contribution in [2.24, 2.45) is 5.41 Å². The first-order valence-corrected chi connectivity index (χ1v) is 8.21. The van der Waals surface area contributed by atoms with Gasteiger partial charge in [0.05, 0.1) is 5.41 Å². The Balaban J connectivity index is 1.86. The van der Waals surface area contributed by atoms with Crippen molar-refractivity contribution in [1.29, 1.82) is 0 Å². The summed E-state index contributed by atoms with van der Waals surface area (Å²) in [6.07, 6.45) is 0.895.